The second-order valence-electron chi connectivity index (χ2n) is 11.0. The Morgan fingerprint density at radius 3 is 2.22 bits per heavy atom. The maximum absolute atomic E-state index is 14.2. The van der Waals surface area contributed by atoms with Gasteiger partial charge >= 0.3 is 6.09 Å². The molecule has 0 spiro atoms. The molecule has 4 amide bonds. The number of phenolic OH excluding ortho intramolecular Hbond substituents is 1. The lowest BCUT2D eigenvalue weighted by molar-refractivity contribution is -0.143. The van der Waals surface area contributed by atoms with Crippen LogP contribution in [0.3, 0.4) is 0 Å². The van der Waals surface area contributed by atoms with Gasteiger partial charge in [-0.05, 0) is 56.9 Å². The molecule has 2 rings (SSSR count). The molecule has 0 aliphatic heterocycles. The van der Waals surface area contributed by atoms with E-state index in [2.05, 4.69) is 17.6 Å². The number of carbonyl (C=O) groups excluding carboxylic acids is 4. The molecule has 5 N–H and O–H groups in total. The van der Waals surface area contributed by atoms with Gasteiger partial charge in [0.25, 0.3) is 0 Å². The number of ether oxygens (including phenoxy) is 1. The van der Waals surface area contributed by atoms with E-state index in [4.69, 9.17) is 10.5 Å². The van der Waals surface area contributed by atoms with Gasteiger partial charge in [0, 0.05) is 19.5 Å². The lowest BCUT2D eigenvalue weighted by Gasteiger charge is -2.34. The lowest BCUT2D eigenvalue weighted by atomic mass is 10.0. The molecular formula is C31H44N4O6. The maximum Gasteiger partial charge on any atom is 0.408 e. The van der Waals surface area contributed by atoms with Gasteiger partial charge in [-0.1, -0.05) is 68.7 Å². The van der Waals surface area contributed by atoms with Crippen molar-refractivity contribution in [3.63, 3.8) is 0 Å². The summed E-state index contributed by atoms with van der Waals surface area (Å²) in [5.41, 5.74) is 5.94. The highest BCUT2D eigenvalue weighted by atomic mass is 16.6. The van der Waals surface area contributed by atoms with Gasteiger partial charge in [-0.25, -0.2) is 4.79 Å². The number of primary amides is 1. The van der Waals surface area contributed by atoms with Crippen molar-refractivity contribution in [2.45, 2.75) is 90.4 Å². The van der Waals surface area contributed by atoms with Crippen LogP contribution in [0.5, 0.6) is 5.75 Å². The lowest BCUT2D eigenvalue weighted by Crippen LogP contribution is -2.53. The molecule has 0 heterocycles. The van der Waals surface area contributed by atoms with E-state index in [1.165, 1.54) is 17.0 Å². The fourth-order valence-corrected chi connectivity index (χ4v) is 4.28. The largest absolute Gasteiger partial charge is 0.508 e. The number of rotatable bonds is 15. The molecule has 0 fully saturated rings. The minimum atomic E-state index is -1.16. The normalized spacial score (nSPS) is 12.6. The molecule has 2 aromatic rings. The smallest absolute Gasteiger partial charge is 0.408 e. The molecular weight excluding hydrogens is 524 g/mol. The van der Waals surface area contributed by atoms with Gasteiger partial charge in [-0.15, -0.1) is 0 Å². The zero-order valence-corrected chi connectivity index (χ0v) is 24.5. The van der Waals surface area contributed by atoms with Crippen molar-refractivity contribution in [2.24, 2.45) is 5.73 Å². The van der Waals surface area contributed by atoms with Gasteiger partial charge in [0.2, 0.25) is 17.7 Å². The number of unbranched alkanes of at least 4 members (excludes halogenated alkanes) is 3. The van der Waals surface area contributed by atoms with Gasteiger partial charge in [0.05, 0.1) is 0 Å². The van der Waals surface area contributed by atoms with Crippen molar-refractivity contribution in [3.8, 4) is 5.75 Å². The van der Waals surface area contributed by atoms with E-state index in [1.54, 1.807) is 32.9 Å². The van der Waals surface area contributed by atoms with Crippen LogP contribution in [0.15, 0.2) is 54.6 Å². The Kier molecular flexibility index (Phi) is 13.1. The van der Waals surface area contributed by atoms with E-state index < -0.39 is 41.5 Å². The van der Waals surface area contributed by atoms with Crippen molar-refractivity contribution in [1.82, 2.24) is 15.5 Å². The summed E-state index contributed by atoms with van der Waals surface area (Å²) < 4.78 is 5.37. The standard InChI is InChI=1S/C31H44N4O6/c1-5-6-7-11-20-35(29(39)25(18-19-26(32)37)34-30(40)41-31(2,3)4)27(23-14-16-24(36)17-15-23)28(38)33-21-22-12-9-8-10-13-22/h8-10,12-17,25,27,36H,5-7,11,18-21H2,1-4H3,(H2,32,37)(H,33,38)(H,34,40). The Labute approximate surface area is 242 Å². The molecule has 224 valence electrons. The fraction of sp³-hybridized carbons (Fsp3) is 0.484. The first-order valence-corrected chi connectivity index (χ1v) is 14.1. The molecule has 0 aliphatic carbocycles. The van der Waals surface area contributed by atoms with Crippen LogP contribution in [0.2, 0.25) is 0 Å². The summed E-state index contributed by atoms with van der Waals surface area (Å²) in [6.45, 7) is 7.64. The molecule has 2 atom stereocenters. The minimum absolute atomic E-state index is 0.0175. The number of phenols is 1. The van der Waals surface area contributed by atoms with Crippen molar-refractivity contribution in [3.05, 3.63) is 65.7 Å². The molecule has 0 saturated carbocycles. The number of amides is 4. The maximum atomic E-state index is 14.2. The predicted molar refractivity (Wildman–Crippen MR) is 157 cm³/mol. The Hall–Kier alpha value is -4.08. The minimum Gasteiger partial charge on any atom is -0.508 e. The third-order valence-corrected chi connectivity index (χ3v) is 6.28. The Morgan fingerprint density at radius 2 is 1.63 bits per heavy atom. The summed E-state index contributed by atoms with van der Waals surface area (Å²) in [6, 6.07) is 13.2. The molecule has 10 nitrogen and oxygen atoms in total. The number of carbonyl (C=O) groups is 4. The average molecular weight is 569 g/mol. The highest BCUT2D eigenvalue weighted by Gasteiger charge is 2.36. The van der Waals surface area contributed by atoms with Gasteiger partial charge < -0.3 is 31.1 Å². The van der Waals surface area contributed by atoms with Crippen LogP contribution in [0.25, 0.3) is 0 Å². The number of alkyl carbamates (subject to hydrolysis) is 1. The van der Waals surface area contributed by atoms with Gasteiger partial charge in [-0.2, -0.15) is 0 Å². The molecule has 0 aromatic heterocycles. The number of nitrogens with two attached hydrogens (primary N) is 1. The van der Waals surface area contributed by atoms with Gasteiger partial charge in [-0.3, -0.25) is 14.4 Å². The van der Waals surface area contributed by atoms with E-state index in [0.29, 0.717) is 12.0 Å². The number of nitrogens with one attached hydrogen (secondary N) is 2. The predicted octanol–water partition coefficient (Wildman–Crippen LogP) is 4.32. The third kappa shape index (κ3) is 11.9. The molecule has 0 bridgehead atoms. The Morgan fingerprint density at radius 1 is 0.976 bits per heavy atom. The van der Waals surface area contributed by atoms with E-state index >= 15 is 0 Å². The molecule has 0 aliphatic rings. The topological polar surface area (TPSA) is 151 Å². The summed E-state index contributed by atoms with van der Waals surface area (Å²) in [6.07, 6.45) is 2.35. The van der Waals surface area contributed by atoms with Crippen LogP contribution in [0.1, 0.15) is 83.4 Å². The first-order chi connectivity index (χ1) is 19.4. The van der Waals surface area contributed by atoms with Crippen molar-refractivity contribution in [1.29, 1.82) is 0 Å². The van der Waals surface area contributed by atoms with E-state index in [0.717, 1.165) is 24.8 Å². The number of hydrogen-bond acceptors (Lipinski definition) is 6. The first kappa shape index (κ1) is 33.1. The summed E-state index contributed by atoms with van der Waals surface area (Å²) in [7, 11) is 0. The zero-order valence-electron chi connectivity index (χ0n) is 24.5. The quantitative estimate of drug-likeness (QED) is 0.235. The third-order valence-electron chi connectivity index (χ3n) is 6.28. The van der Waals surface area contributed by atoms with Crippen LogP contribution < -0.4 is 16.4 Å². The second kappa shape index (κ2) is 16.2. The summed E-state index contributed by atoms with van der Waals surface area (Å²) >= 11 is 0. The number of nitrogens with zero attached hydrogens (tertiary/aromatic N) is 1. The van der Waals surface area contributed by atoms with Crippen molar-refractivity contribution >= 4 is 23.8 Å². The molecule has 0 radical (unpaired) electrons. The van der Waals surface area contributed by atoms with Crippen LogP contribution in [0.4, 0.5) is 4.79 Å². The van der Waals surface area contributed by atoms with Crippen LogP contribution >= 0.6 is 0 Å². The average Bonchev–Trinajstić information content (AvgIpc) is 2.91. The molecule has 2 unspecified atom stereocenters. The number of benzene rings is 2. The second-order valence-corrected chi connectivity index (χ2v) is 11.0. The zero-order chi connectivity index (χ0) is 30.4. The summed E-state index contributed by atoms with van der Waals surface area (Å²) in [5.74, 6) is -1.57. The Balaban J connectivity index is 2.47. The summed E-state index contributed by atoms with van der Waals surface area (Å²) in [4.78, 5) is 53.7. The monoisotopic (exact) mass is 568 g/mol. The highest BCUT2D eigenvalue weighted by molar-refractivity contribution is 5.92. The highest BCUT2D eigenvalue weighted by Crippen LogP contribution is 2.26. The number of hydrogen-bond donors (Lipinski definition) is 4. The van der Waals surface area contributed by atoms with E-state index in [1.807, 2.05) is 30.3 Å². The molecule has 41 heavy (non-hydrogen) atoms. The van der Waals surface area contributed by atoms with E-state index in [9.17, 15) is 24.3 Å². The SMILES string of the molecule is CCCCCCN(C(=O)C(CCC(N)=O)NC(=O)OC(C)(C)C)C(C(=O)NCc1ccccc1)c1ccc(O)cc1. The van der Waals surface area contributed by atoms with E-state index in [-0.39, 0.29) is 31.7 Å². The molecule has 0 saturated heterocycles. The van der Waals surface area contributed by atoms with Crippen molar-refractivity contribution < 1.29 is 29.0 Å². The van der Waals surface area contributed by atoms with Gasteiger partial charge in [0.1, 0.15) is 23.4 Å². The molecule has 10 heteroatoms. The fourth-order valence-electron chi connectivity index (χ4n) is 4.28. The van der Waals surface area contributed by atoms with Crippen molar-refractivity contribution in [2.75, 3.05) is 6.54 Å². The van der Waals surface area contributed by atoms with Crippen LogP contribution in [-0.2, 0) is 25.7 Å². The first-order valence-electron chi connectivity index (χ1n) is 14.1. The molecule has 2 aromatic carbocycles. The van der Waals surface area contributed by atoms with Crippen LogP contribution in [-0.4, -0.2) is 52.0 Å². The number of aromatic hydroxyl groups is 1. The van der Waals surface area contributed by atoms with Crippen LogP contribution in [0, 0.1) is 0 Å². The Bertz CT molecular complexity index is 1130. The van der Waals surface area contributed by atoms with Gasteiger partial charge in [0.15, 0.2) is 0 Å². The summed E-state index contributed by atoms with van der Waals surface area (Å²) in [5, 5.41) is 15.4.